The zero-order valence-electron chi connectivity index (χ0n) is 11.5. The van der Waals surface area contributed by atoms with E-state index >= 15 is 0 Å². The normalized spacial score (nSPS) is 21.4. The molecule has 0 amide bonds. The lowest BCUT2D eigenvalue weighted by Crippen LogP contribution is -2.25. The predicted molar refractivity (Wildman–Crippen MR) is 77.8 cm³/mol. The molecule has 2 atom stereocenters. The Balaban J connectivity index is 1.81. The van der Waals surface area contributed by atoms with Crippen molar-refractivity contribution >= 4 is 0 Å². The van der Waals surface area contributed by atoms with E-state index in [4.69, 9.17) is 4.74 Å². The highest BCUT2D eigenvalue weighted by molar-refractivity contribution is 5.65. The van der Waals surface area contributed by atoms with Gasteiger partial charge in [0.25, 0.3) is 0 Å². The highest BCUT2D eigenvalue weighted by atomic mass is 19.1. The van der Waals surface area contributed by atoms with E-state index in [1.807, 2.05) is 0 Å². The van der Waals surface area contributed by atoms with Gasteiger partial charge in [0.15, 0.2) is 11.6 Å². The van der Waals surface area contributed by atoms with Crippen molar-refractivity contribution in [2.45, 2.75) is 31.5 Å². The number of phenolic OH excluding ortho intramolecular Hbond substituents is 1. The van der Waals surface area contributed by atoms with Gasteiger partial charge in [-0.1, -0.05) is 18.2 Å². The molecule has 3 nitrogen and oxygen atoms in total. The van der Waals surface area contributed by atoms with E-state index in [1.54, 1.807) is 36.4 Å². The highest BCUT2D eigenvalue weighted by Crippen LogP contribution is 2.30. The van der Waals surface area contributed by atoms with Crippen LogP contribution in [0.5, 0.6) is 11.5 Å². The van der Waals surface area contributed by atoms with Crippen LogP contribution >= 0.6 is 0 Å². The Morgan fingerprint density at radius 1 is 1.00 bits per heavy atom. The zero-order valence-corrected chi connectivity index (χ0v) is 11.5. The van der Waals surface area contributed by atoms with E-state index in [2.05, 4.69) is 0 Å². The number of hydrogen-bond acceptors (Lipinski definition) is 3. The van der Waals surface area contributed by atoms with Gasteiger partial charge in [-0.25, -0.2) is 4.39 Å². The fourth-order valence-electron chi connectivity index (χ4n) is 2.64. The zero-order chi connectivity index (χ0) is 14.8. The maximum Gasteiger partial charge on any atom is 0.165 e. The largest absolute Gasteiger partial charge is 0.508 e. The van der Waals surface area contributed by atoms with Crippen molar-refractivity contribution in [1.82, 2.24) is 0 Å². The van der Waals surface area contributed by atoms with Gasteiger partial charge in [-0.3, -0.25) is 0 Å². The molecule has 0 heterocycles. The summed E-state index contributed by atoms with van der Waals surface area (Å²) in [6.07, 6.45) is 1.53. The second kappa shape index (κ2) is 5.74. The summed E-state index contributed by atoms with van der Waals surface area (Å²) in [4.78, 5) is 0. The van der Waals surface area contributed by atoms with Gasteiger partial charge in [-0.15, -0.1) is 0 Å². The Morgan fingerprint density at radius 2 is 1.71 bits per heavy atom. The number of aromatic hydroxyl groups is 1. The van der Waals surface area contributed by atoms with Crippen LogP contribution in [0.2, 0.25) is 0 Å². The van der Waals surface area contributed by atoms with Gasteiger partial charge in [-0.2, -0.15) is 0 Å². The van der Waals surface area contributed by atoms with E-state index in [-0.39, 0.29) is 17.6 Å². The molecule has 0 bridgehead atoms. The standard InChI is InChI=1S/C17H17FO3/c18-14-10-12(11-4-7-13(19)8-5-11)6-9-16(14)21-17-3-1-2-15(17)20/h4-10,15,17,19-20H,1-3H2. The van der Waals surface area contributed by atoms with E-state index in [1.165, 1.54) is 6.07 Å². The fourth-order valence-corrected chi connectivity index (χ4v) is 2.64. The molecule has 0 aliphatic heterocycles. The summed E-state index contributed by atoms with van der Waals surface area (Å²) in [5, 5.41) is 19.0. The summed E-state index contributed by atoms with van der Waals surface area (Å²) < 4.78 is 19.7. The molecule has 1 aliphatic carbocycles. The quantitative estimate of drug-likeness (QED) is 0.909. The molecule has 1 aliphatic rings. The second-order valence-electron chi connectivity index (χ2n) is 5.35. The molecular formula is C17H17FO3. The fraction of sp³-hybridized carbons (Fsp3) is 0.294. The molecule has 2 N–H and O–H groups in total. The first kappa shape index (κ1) is 13.9. The molecule has 21 heavy (non-hydrogen) atoms. The first-order valence-corrected chi connectivity index (χ1v) is 7.07. The Morgan fingerprint density at radius 3 is 2.33 bits per heavy atom. The maximum atomic E-state index is 14.1. The minimum absolute atomic E-state index is 0.170. The number of aliphatic hydroxyl groups is 1. The molecule has 2 aromatic carbocycles. The molecule has 110 valence electrons. The first-order chi connectivity index (χ1) is 10.1. The SMILES string of the molecule is Oc1ccc(-c2ccc(OC3CCCC3O)c(F)c2)cc1. The van der Waals surface area contributed by atoms with E-state index in [0.717, 1.165) is 18.4 Å². The van der Waals surface area contributed by atoms with Crippen molar-refractivity contribution in [2.75, 3.05) is 0 Å². The molecule has 1 saturated carbocycles. The molecule has 1 fully saturated rings. The van der Waals surface area contributed by atoms with Crippen LogP contribution in [-0.2, 0) is 0 Å². The van der Waals surface area contributed by atoms with E-state index in [9.17, 15) is 14.6 Å². The third kappa shape index (κ3) is 3.00. The maximum absolute atomic E-state index is 14.1. The summed E-state index contributed by atoms with van der Waals surface area (Å²) in [7, 11) is 0. The van der Waals surface area contributed by atoms with Crippen LogP contribution in [0.15, 0.2) is 42.5 Å². The van der Waals surface area contributed by atoms with Gasteiger partial charge in [0.1, 0.15) is 11.9 Å². The minimum atomic E-state index is -0.513. The van der Waals surface area contributed by atoms with Crippen molar-refractivity contribution in [3.05, 3.63) is 48.3 Å². The number of phenols is 1. The second-order valence-corrected chi connectivity index (χ2v) is 5.35. The summed E-state index contributed by atoms with van der Waals surface area (Å²) in [5.74, 6) is -0.0995. The highest BCUT2D eigenvalue weighted by Gasteiger charge is 2.27. The monoisotopic (exact) mass is 288 g/mol. The Bertz CT molecular complexity index is 624. The topological polar surface area (TPSA) is 49.7 Å². The van der Waals surface area contributed by atoms with E-state index in [0.29, 0.717) is 12.0 Å². The molecule has 0 saturated heterocycles. The first-order valence-electron chi connectivity index (χ1n) is 7.07. The average molecular weight is 288 g/mol. The van der Waals surface area contributed by atoms with Crippen molar-refractivity contribution in [3.63, 3.8) is 0 Å². The number of rotatable bonds is 3. The average Bonchev–Trinajstić information content (AvgIpc) is 2.87. The third-order valence-electron chi connectivity index (χ3n) is 3.83. The van der Waals surface area contributed by atoms with Gasteiger partial charge in [0.05, 0.1) is 6.10 Å². The number of ether oxygens (including phenoxy) is 1. The van der Waals surface area contributed by atoms with Crippen molar-refractivity contribution < 1.29 is 19.3 Å². The van der Waals surface area contributed by atoms with Crippen LogP contribution in [0.1, 0.15) is 19.3 Å². The molecular weight excluding hydrogens is 271 g/mol. The molecule has 2 unspecified atom stereocenters. The van der Waals surface area contributed by atoms with Crippen LogP contribution in [0.4, 0.5) is 4.39 Å². The van der Waals surface area contributed by atoms with Crippen LogP contribution in [0.3, 0.4) is 0 Å². The summed E-state index contributed by atoms with van der Waals surface area (Å²) >= 11 is 0. The molecule has 0 radical (unpaired) electrons. The lowest BCUT2D eigenvalue weighted by Gasteiger charge is -2.17. The smallest absolute Gasteiger partial charge is 0.165 e. The molecule has 3 rings (SSSR count). The number of halogens is 1. The van der Waals surface area contributed by atoms with Crippen LogP contribution < -0.4 is 4.74 Å². The third-order valence-corrected chi connectivity index (χ3v) is 3.83. The Kier molecular flexibility index (Phi) is 3.80. The van der Waals surface area contributed by atoms with Gasteiger partial charge in [0, 0.05) is 0 Å². The number of aliphatic hydroxyl groups excluding tert-OH is 1. The minimum Gasteiger partial charge on any atom is -0.508 e. The van der Waals surface area contributed by atoms with Gasteiger partial charge < -0.3 is 14.9 Å². The lowest BCUT2D eigenvalue weighted by molar-refractivity contribution is 0.0579. The molecule has 0 spiro atoms. The van der Waals surface area contributed by atoms with Crippen molar-refractivity contribution in [2.24, 2.45) is 0 Å². The van der Waals surface area contributed by atoms with Crippen LogP contribution in [0.25, 0.3) is 11.1 Å². The number of benzene rings is 2. The predicted octanol–water partition coefficient (Wildman–Crippen LogP) is 3.49. The molecule has 0 aromatic heterocycles. The molecule has 4 heteroatoms. The van der Waals surface area contributed by atoms with Gasteiger partial charge >= 0.3 is 0 Å². The van der Waals surface area contributed by atoms with Crippen LogP contribution in [-0.4, -0.2) is 22.4 Å². The van der Waals surface area contributed by atoms with Crippen LogP contribution in [0, 0.1) is 5.82 Å². The lowest BCUT2D eigenvalue weighted by atomic mass is 10.1. The summed E-state index contributed by atoms with van der Waals surface area (Å²) in [6, 6.07) is 11.3. The van der Waals surface area contributed by atoms with E-state index < -0.39 is 11.9 Å². The van der Waals surface area contributed by atoms with Gasteiger partial charge in [-0.05, 0) is 54.7 Å². The number of hydrogen-bond donors (Lipinski definition) is 2. The van der Waals surface area contributed by atoms with Crippen molar-refractivity contribution in [3.8, 4) is 22.6 Å². The summed E-state index contributed by atoms with van der Waals surface area (Å²) in [5.41, 5.74) is 1.53. The van der Waals surface area contributed by atoms with Crippen molar-refractivity contribution in [1.29, 1.82) is 0 Å². The Hall–Kier alpha value is -2.07. The Labute approximate surface area is 122 Å². The van der Waals surface area contributed by atoms with Gasteiger partial charge in [0.2, 0.25) is 0 Å². The summed E-state index contributed by atoms with van der Waals surface area (Å²) in [6.45, 7) is 0. The molecule has 2 aromatic rings.